The Morgan fingerprint density at radius 3 is 2.62 bits per heavy atom. The standard InChI is InChI=1S/C24H21N3O2/c1-16-9-10-22(17(2)12-16)27(24(29)19-7-5-11-25-14-19)15-20-13-18-6-3-4-8-21(18)26-23(20)28/h3-14H,15H2,1-2H3,(H,26,28). The van der Waals surface area contributed by atoms with Crippen LogP contribution >= 0.6 is 0 Å². The summed E-state index contributed by atoms with van der Waals surface area (Å²) in [5.41, 5.74) is 4.45. The number of pyridine rings is 2. The highest BCUT2D eigenvalue weighted by molar-refractivity contribution is 6.06. The van der Waals surface area contributed by atoms with E-state index < -0.39 is 0 Å². The average Bonchev–Trinajstić information content (AvgIpc) is 2.73. The maximum Gasteiger partial charge on any atom is 0.260 e. The Hall–Kier alpha value is -3.73. The van der Waals surface area contributed by atoms with Gasteiger partial charge in [-0.3, -0.25) is 14.6 Å². The van der Waals surface area contributed by atoms with Crippen LogP contribution in [-0.2, 0) is 6.54 Å². The summed E-state index contributed by atoms with van der Waals surface area (Å²) >= 11 is 0. The minimum absolute atomic E-state index is 0.164. The zero-order valence-electron chi connectivity index (χ0n) is 16.3. The third kappa shape index (κ3) is 3.80. The van der Waals surface area contributed by atoms with Gasteiger partial charge in [0.15, 0.2) is 0 Å². The van der Waals surface area contributed by atoms with Crippen molar-refractivity contribution in [2.45, 2.75) is 20.4 Å². The van der Waals surface area contributed by atoms with Crippen LogP contribution in [0.5, 0.6) is 0 Å². The molecule has 0 radical (unpaired) electrons. The van der Waals surface area contributed by atoms with Crippen molar-refractivity contribution in [1.82, 2.24) is 9.97 Å². The molecule has 5 heteroatoms. The van der Waals surface area contributed by atoms with E-state index in [0.29, 0.717) is 11.1 Å². The molecule has 2 aromatic heterocycles. The van der Waals surface area contributed by atoms with Gasteiger partial charge < -0.3 is 9.88 Å². The van der Waals surface area contributed by atoms with E-state index in [2.05, 4.69) is 9.97 Å². The number of nitrogens with zero attached hydrogens (tertiary/aromatic N) is 2. The molecule has 4 rings (SSSR count). The van der Waals surface area contributed by atoms with Crippen molar-refractivity contribution in [3.05, 3.63) is 106 Å². The Bertz CT molecular complexity index is 1250. The molecule has 0 aliphatic heterocycles. The molecule has 1 N–H and O–H groups in total. The molecule has 1 amide bonds. The van der Waals surface area contributed by atoms with Crippen molar-refractivity contribution in [2.24, 2.45) is 0 Å². The highest BCUT2D eigenvalue weighted by Crippen LogP contribution is 2.25. The van der Waals surface area contributed by atoms with Gasteiger partial charge in [-0.15, -0.1) is 0 Å². The van der Waals surface area contributed by atoms with E-state index in [4.69, 9.17) is 0 Å². The average molecular weight is 383 g/mol. The molecule has 0 saturated carbocycles. The van der Waals surface area contributed by atoms with Crippen molar-refractivity contribution >= 4 is 22.5 Å². The number of carbonyl (C=O) groups is 1. The lowest BCUT2D eigenvalue weighted by atomic mass is 10.1. The third-order valence-electron chi connectivity index (χ3n) is 4.96. The monoisotopic (exact) mass is 383 g/mol. The summed E-state index contributed by atoms with van der Waals surface area (Å²) in [5.74, 6) is -0.197. The van der Waals surface area contributed by atoms with Gasteiger partial charge in [0.25, 0.3) is 11.5 Å². The molecule has 0 spiro atoms. The van der Waals surface area contributed by atoms with E-state index in [0.717, 1.165) is 27.7 Å². The van der Waals surface area contributed by atoms with Gasteiger partial charge in [-0.1, -0.05) is 35.9 Å². The van der Waals surface area contributed by atoms with Crippen LogP contribution in [0.3, 0.4) is 0 Å². The van der Waals surface area contributed by atoms with Crippen molar-refractivity contribution in [3.63, 3.8) is 0 Å². The summed E-state index contributed by atoms with van der Waals surface area (Å²) in [6.45, 7) is 4.15. The SMILES string of the molecule is Cc1ccc(N(Cc2cc3ccccc3[nH]c2=O)C(=O)c2cccnc2)c(C)c1. The molecule has 144 valence electrons. The molecule has 0 atom stereocenters. The second-order valence-electron chi connectivity index (χ2n) is 7.13. The number of hydrogen-bond donors (Lipinski definition) is 1. The number of carbonyl (C=O) groups excluding carboxylic acids is 1. The third-order valence-corrected chi connectivity index (χ3v) is 4.96. The normalized spacial score (nSPS) is 10.8. The van der Waals surface area contributed by atoms with Gasteiger partial charge in [0.2, 0.25) is 0 Å². The quantitative estimate of drug-likeness (QED) is 0.568. The smallest absolute Gasteiger partial charge is 0.260 e. The van der Waals surface area contributed by atoms with Gasteiger partial charge >= 0.3 is 0 Å². The number of fused-ring (bicyclic) bond motifs is 1. The van der Waals surface area contributed by atoms with Crippen LogP contribution in [0, 0.1) is 13.8 Å². The van der Waals surface area contributed by atoms with Crippen LogP contribution < -0.4 is 10.5 Å². The molecular formula is C24H21N3O2. The van der Waals surface area contributed by atoms with Gasteiger partial charge in [0.1, 0.15) is 0 Å². The lowest BCUT2D eigenvalue weighted by Gasteiger charge is -2.25. The molecule has 0 fully saturated rings. The van der Waals surface area contributed by atoms with Crippen LogP contribution in [0.2, 0.25) is 0 Å². The fourth-order valence-electron chi connectivity index (χ4n) is 3.50. The lowest BCUT2D eigenvalue weighted by molar-refractivity contribution is 0.0984. The zero-order valence-corrected chi connectivity index (χ0v) is 16.3. The largest absolute Gasteiger partial charge is 0.322 e. The first-order valence-electron chi connectivity index (χ1n) is 9.43. The molecule has 29 heavy (non-hydrogen) atoms. The highest BCUT2D eigenvalue weighted by Gasteiger charge is 2.21. The van der Waals surface area contributed by atoms with E-state index in [1.54, 1.807) is 29.4 Å². The molecule has 2 heterocycles. The number of aromatic nitrogens is 2. The number of benzene rings is 2. The Kier molecular flexibility index (Phi) is 4.96. The maximum atomic E-state index is 13.3. The number of para-hydroxylation sites is 1. The number of rotatable bonds is 4. The van der Waals surface area contributed by atoms with Crippen LogP contribution in [0.4, 0.5) is 5.69 Å². The minimum Gasteiger partial charge on any atom is -0.322 e. The molecule has 4 aromatic rings. The highest BCUT2D eigenvalue weighted by atomic mass is 16.2. The first-order chi connectivity index (χ1) is 14.0. The molecule has 0 saturated heterocycles. The van der Waals surface area contributed by atoms with Crippen molar-refractivity contribution in [3.8, 4) is 0 Å². The summed E-state index contributed by atoms with van der Waals surface area (Å²) in [6.07, 6.45) is 3.18. The van der Waals surface area contributed by atoms with Gasteiger partial charge in [0, 0.05) is 29.2 Å². The molecule has 0 unspecified atom stereocenters. The Morgan fingerprint density at radius 1 is 1.03 bits per heavy atom. The first kappa shape index (κ1) is 18.6. The second-order valence-corrected chi connectivity index (χ2v) is 7.13. The van der Waals surface area contributed by atoms with Crippen molar-refractivity contribution in [2.75, 3.05) is 4.90 Å². The van der Waals surface area contributed by atoms with Crippen molar-refractivity contribution in [1.29, 1.82) is 0 Å². The molecule has 5 nitrogen and oxygen atoms in total. The van der Waals surface area contributed by atoms with Gasteiger partial charge in [-0.25, -0.2) is 0 Å². The fraction of sp³-hybridized carbons (Fsp3) is 0.125. The number of aryl methyl sites for hydroxylation is 2. The van der Waals surface area contributed by atoms with E-state index in [-0.39, 0.29) is 18.0 Å². The summed E-state index contributed by atoms with van der Waals surface area (Å²) < 4.78 is 0. The lowest BCUT2D eigenvalue weighted by Crippen LogP contribution is -2.33. The molecule has 2 aromatic carbocycles. The molecular weight excluding hydrogens is 362 g/mol. The number of anilines is 1. The van der Waals surface area contributed by atoms with Crippen LogP contribution in [-0.4, -0.2) is 15.9 Å². The summed E-state index contributed by atoms with van der Waals surface area (Å²) in [4.78, 5) is 34.7. The molecule has 0 aliphatic rings. The number of H-pyrrole nitrogens is 1. The fourth-order valence-corrected chi connectivity index (χ4v) is 3.50. The minimum atomic E-state index is -0.197. The van der Waals surface area contributed by atoms with Crippen molar-refractivity contribution < 1.29 is 4.79 Å². The summed E-state index contributed by atoms with van der Waals surface area (Å²) in [7, 11) is 0. The zero-order chi connectivity index (χ0) is 20.4. The number of nitrogens with one attached hydrogen (secondary N) is 1. The van der Waals surface area contributed by atoms with E-state index in [9.17, 15) is 9.59 Å². The van der Waals surface area contributed by atoms with Crippen LogP contribution in [0.15, 0.2) is 77.9 Å². The Morgan fingerprint density at radius 2 is 1.86 bits per heavy atom. The molecule has 0 aliphatic carbocycles. The van der Waals surface area contributed by atoms with E-state index >= 15 is 0 Å². The second kappa shape index (κ2) is 7.72. The van der Waals surface area contributed by atoms with E-state index in [1.807, 2.05) is 62.4 Å². The Labute approximate surface area is 168 Å². The van der Waals surface area contributed by atoms with E-state index in [1.165, 1.54) is 0 Å². The topological polar surface area (TPSA) is 66.1 Å². The van der Waals surface area contributed by atoms with Crippen LogP contribution in [0.25, 0.3) is 10.9 Å². The van der Waals surface area contributed by atoms with Gasteiger partial charge in [0.05, 0.1) is 12.1 Å². The number of aromatic amines is 1. The van der Waals surface area contributed by atoms with Gasteiger partial charge in [-0.05, 0) is 55.1 Å². The predicted octanol–water partition coefficient (Wildman–Crippen LogP) is 4.39. The first-order valence-corrected chi connectivity index (χ1v) is 9.43. The Balaban J connectivity index is 1.81. The maximum absolute atomic E-state index is 13.3. The summed E-state index contributed by atoms with van der Waals surface area (Å²) in [5, 5.41) is 0.927. The van der Waals surface area contributed by atoms with Crippen LogP contribution in [0.1, 0.15) is 27.0 Å². The van der Waals surface area contributed by atoms with Gasteiger partial charge in [-0.2, -0.15) is 0 Å². The summed E-state index contributed by atoms with van der Waals surface area (Å²) in [6, 6.07) is 18.9. The number of hydrogen-bond acceptors (Lipinski definition) is 3. The predicted molar refractivity (Wildman–Crippen MR) is 115 cm³/mol. The molecule has 0 bridgehead atoms. The number of amides is 1.